The zero-order valence-corrected chi connectivity index (χ0v) is 11.1. The highest BCUT2D eigenvalue weighted by Gasteiger charge is 2.34. The lowest BCUT2D eigenvalue weighted by molar-refractivity contribution is 0.107. The zero-order valence-electron chi connectivity index (χ0n) is 8.81. The fraction of sp³-hybridized carbons (Fsp3) is 0.222. The van der Waals surface area contributed by atoms with E-state index in [1.807, 2.05) is 0 Å². The summed E-state index contributed by atoms with van der Waals surface area (Å²) in [6.07, 6.45) is 0. The van der Waals surface area contributed by atoms with Crippen LogP contribution in [0.1, 0.15) is 10.4 Å². The third kappa shape index (κ3) is 2.85. The van der Waals surface area contributed by atoms with Gasteiger partial charge in [-0.15, -0.1) is 11.6 Å². The minimum atomic E-state index is -4.68. The van der Waals surface area contributed by atoms with E-state index in [1.165, 1.54) is 0 Å². The van der Waals surface area contributed by atoms with Crippen LogP contribution in [0.5, 0.6) is 0 Å². The topological polar surface area (TPSA) is 51.2 Å². The number of sulfone groups is 1. The summed E-state index contributed by atoms with van der Waals surface area (Å²) in [7, 11) is -4.68. The van der Waals surface area contributed by atoms with Crippen LogP contribution in [-0.2, 0) is 9.84 Å². The van der Waals surface area contributed by atoms with Gasteiger partial charge in [-0.25, -0.2) is 26.0 Å². The van der Waals surface area contributed by atoms with E-state index in [4.69, 9.17) is 23.2 Å². The van der Waals surface area contributed by atoms with E-state index in [0.29, 0.717) is 0 Å². The molecule has 0 aromatic heterocycles. The van der Waals surface area contributed by atoms with Crippen molar-refractivity contribution < 1.29 is 30.8 Å². The van der Waals surface area contributed by atoms with E-state index < -0.39 is 60.4 Å². The molecular formula is C9H4Cl2F4O3S. The third-order valence-corrected chi connectivity index (χ3v) is 4.40. The first kappa shape index (κ1) is 16.2. The van der Waals surface area contributed by atoms with Gasteiger partial charge in [-0.3, -0.25) is 4.79 Å². The predicted molar refractivity (Wildman–Crippen MR) is 59.2 cm³/mol. The van der Waals surface area contributed by atoms with Gasteiger partial charge in [-0.1, -0.05) is 0 Å². The average molecular weight is 339 g/mol. The van der Waals surface area contributed by atoms with E-state index in [-0.39, 0.29) is 0 Å². The monoisotopic (exact) mass is 338 g/mol. The molecule has 1 rings (SSSR count). The number of hydrogen-bond acceptors (Lipinski definition) is 3. The van der Waals surface area contributed by atoms with Gasteiger partial charge in [0.15, 0.2) is 33.1 Å². The minimum absolute atomic E-state index is 0.541. The molecule has 0 radical (unpaired) electrons. The molecule has 0 atom stereocenters. The van der Waals surface area contributed by atoms with Crippen molar-refractivity contribution in [3.05, 3.63) is 28.8 Å². The molecule has 0 aliphatic carbocycles. The summed E-state index contributed by atoms with van der Waals surface area (Å²) in [5.41, 5.74) is -1.69. The molecule has 19 heavy (non-hydrogen) atoms. The molecule has 106 valence electrons. The highest BCUT2D eigenvalue weighted by Crippen LogP contribution is 2.29. The fourth-order valence-electron chi connectivity index (χ4n) is 1.26. The standard InChI is InChI=1S/C9H4Cl2F4O3S/c10-1-2-19(17,18)8-6(14)4(12)3(9(11)16)5(13)7(8)15/h1-2H2. The number of alkyl halides is 1. The lowest BCUT2D eigenvalue weighted by Gasteiger charge is -2.09. The average Bonchev–Trinajstić information content (AvgIpc) is 2.26. The number of carbonyl (C=O) groups excluding carboxylic acids is 1. The normalized spacial score (nSPS) is 11.7. The van der Waals surface area contributed by atoms with Crippen molar-refractivity contribution in [2.45, 2.75) is 4.90 Å². The molecule has 3 nitrogen and oxygen atoms in total. The predicted octanol–water partition coefficient (Wildman–Crippen LogP) is 2.63. The Labute approximate surface area is 115 Å². The number of rotatable bonds is 4. The summed E-state index contributed by atoms with van der Waals surface area (Å²) in [5.74, 6) is -10.3. The van der Waals surface area contributed by atoms with E-state index in [0.717, 1.165) is 0 Å². The fourth-order valence-corrected chi connectivity index (χ4v) is 3.17. The zero-order chi connectivity index (χ0) is 15.0. The van der Waals surface area contributed by atoms with Crippen molar-refractivity contribution in [2.75, 3.05) is 11.6 Å². The van der Waals surface area contributed by atoms with E-state index >= 15 is 0 Å². The number of benzene rings is 1. The Morgan fingerprint density at radius 1 is 1.00 bits per heavy atom. The van der Waals surface area contributed by atoms with Crippen LogP contribution in [0.3, 0.4) is 0 Å². The Morgan fingerprint density at radius 2 is 1.42 bits per heavy atom. The second kappa shape index (κ2) is 5.64. The summed E-state index contributed by atoms with van der Waals surface area (Å²) >= 11 is 9.88. The number of hydrogen-bond donors (Lipinski definition) is 0. The maximum absolute atomic E-state index is 13.5. The van der Waals surface area contributed by atoms with Crippen molar-refractivity contribution >= 4 is 38.3 Å². The van der Waals surface area contributed by atoms with Crippen LogP contribution >= 0.6 is 23.2 Å². The SMILES string of the molecule is O=C(Cl)c1c(F)c(F)c(S(=O)(=O)CCCl)c(F)c1F. The van der Waals surface area contributed by atoms with Gasteiger partial charge in [0.25, 0.3) is 5.24 Å². The second-order valence-electron chi connectivity index (χ2n) is 3.24. The van der Waals surface area contributed by atoms with Gasteiger partial charge in [0.2, 0.25) is 0 Å². The molecule has 1 aromatic rings. The van der Waals surface area contributed by atoms with E-state index in [9.17, 15) is 30.8 Å². The summed E-state index contributed by atoms with van der Waals surface area (Å²) in [5, 5.41) is -1.80. The third-order valence-electron chi connectivity index (χ3n) is 2.08. The molecule has 0 aliphatic rings. The van der Waals surface area contributed by atoms with Crippen LogP contribution in [0.2, 0.25) is 0 Å². The van der Waals surface area contributed by atoms with Crippen LogP contribution < -0.4 is 0 Å². The molecule has 0 N–H and O–H groups in total. The molecule has 0 bridgehead atoms. The number of halogens is 6. The van der Waals surface area contributed by atoms with Crippen molar-refractivity contribution in [1.82, 2.24) is 0 Å². The molecule has 10 heteroatoms. The van der Waals surface area contributed by atoms with Crippen molar-refractivity contribution in [3.63, 3.8) is 0 Å². The number of carbonyl (C=O) groups is 1. The Kier molecular flexibility index (Phi) is 4.81. The van der Waals surface area contributed by atoms with Gasteiger partial charge >= 0.3 is 0 Å². The van der Waals surface area contributed by atoms with Gasteiger partial charge in [-0.05, 0) is 11.6 Å². The summed E-state index contributed by atoms with van der Waals surface area (Å²) in [6.45, 7) is 0. The van der Waals surface area contributed by atoms with Crippen LogP contribution in [0, 0.1) is 23.3 Å². The van der Waals surface area contributed by atoms with E-state index in [2.05, 4.69) is 0 Å². The lowest BCUT2D eigenvalue weighted by atomic mass is 10.2. The molecule has 0 unspecified atom stereocenters. The maximum atomic E-state index is 13.5. The lowest BCUT2D eigenvalue weighted by Crippen LogP contribution is -2.17. The summed E-state index contributed by atoms with van der Waals surface area (Å²) < 4.78 is 76.5. The van der Waals surface area contributed by atoms with Crippen molar-refractivity contribution in [3.8, 4) is 0 Å². The van der Waals surface area contributed by atoms with Gasteiger partial charge in [-0.2, -0.15) is 0 Å². The van der Waals surface area contributed by atoms with Gasteiger partial charge in [0.05, 0.1) is 5.75 Å². The molecule has 0 amide bonds. The second-order valence-corrected chi connectivity index (χ2v) is 6.01. The van der Waals surface area contributed by atoms with Crippen LogP contribution in [-0.4, -0.2) is 25.3 Å². The minimum Gasteiger partial charge on any atom is -0.275 e. The van der Waals surface area contributed by atoms with E-state index in [1.54, 1.807) is 0 Å². The Morgan fingerprint density at radius 3 is 1.74 bits per heavy atom. The Hall–Kier alpha value is -0.860. The van der Waals surface area contributed by atoms with Crippen LogP contribution in [0.4, 0.5) is 17.6 Å². The van der Waals surface area contributed by atoms with Crippen LogP contribution in [0.15, 0.2) is 4.90 Å². The summed E-state index contributed by atoms with van der Waals surface area (Å²) in [4.78, 5) is 8.84. The Balaban J connectivity index is 3.77. The summed E-state index contributed by atoms with van der Waals surface area (Å²) in [6, 6.07) is 0. The van der Waals surface area contributed by atoms with Crippen molar-refractivity contribution in [1.29, 1.82) is 0 Å². The Bertz CT molecular complexity index is 616. The molecule has 0 fully saturated rings. The highest BCUT2D eigenvalue weighted by atomic mass is 35.5. The quantitative estimate of drug-likeness (QED) is 0.367. The molecular weight excluding hydrogens is 335 g/mol. The highest BCUT2D eigenvalue weighted by molar-refractivity contribution is 7.91. The van der Waals surface area contributed by atoms with Gasteiger partial charge in [0.1, 0.15) is 10.5 Å². The first-order valence-electron chi connectivity index (χ1n) is 4.49. The first-order chi connectivity index (χ1) is 8.65. The molecule has 1 aromatic carbocycles. The molecule has 0 heterocycles. The smallest absolute Gasteiger partial charge is 0.258 e. The maximum Gasteiger partial charge on any atom is 0.258 e. The van der Waals surface area contributed by atoms with Crippen LogP contribution in [0.25, 0.3) is 0 Å². The largest absolute Gasteiger partial charge is 0.275 e. The van der Waals surface area contributed by atoms with Crippen molar-refractivity contribution in [2.24, 2.45) is 0 Å². The first-order valence-corrected chi connectivity index (χ1v) is 7.06. The molecule has 0 aliphatic heterocycles. The van der Waals surface area contributed by atoms with Gasteiger partial charge < -0.3 is 0 Å². The molecule has 0 saturated carbocycles. The van der Waals surface area contributed by atoms with Gasteiger partial charge in [0, 0.05) is 5.88 Å². The molecule has 0 spiro atoms. The molecule has 0 saturated heterocycles.